The largest absolute Gasteiger partial charge is 0.482 e. The molecule has 2 N–H and O–H groups in total. The molecule has 1 amide bonds. The van der Waals surface area contributed by atoms with Gasteiger partial charge in [-0.15, -0.1) is 0 Å². The Balaban J connectivity index is 1.57. The van der Waals surface area contributed by atoms with E-state index < -0.39 is 0 Å². The zero-order valence-electron chi connectivity index (χ0n) is 11.7. The minimum Gasteiger partial charge on any atom is -0.482 e. The van der Waals surface area contributed by atoms with Crippen molar-refractivity contribution in [1.29, 1.82) is 0 Å². The number of H-pyrrole nitrogens is 1. The van der Waals surface area contributed by atoms with E-state index in [0.717, 1.165) is 5.56 Å². The lowest BCUT2D eigenvalue weighted by molar-refractivity contribution is -0.121. The Labute approximate surface area is 132 Å². The monoisotopic (exact) mass is 322 g/mol. The number of pyridine rings is 1. The third kappa shape index (κ3) is 3.55. The van der Waals surface area contributed by atoms with Gasteiger partial charge in [-0.1, -0.05) is 11.6 Å². The molecule has 0 aliphatic carbocycles. The van der Waals surface area contributed by atoms with E-state index in [0.29, 0.717) is 24.0 Å². The predicted octanol–water partition coefficient (Wildman–Crippen LogP) is 0.963. The zero-order valence-corrected chi connectivity index (χ0v) is 12.4. The smallest absolute Gasteiger partial charge is 0.224 e. The summed E-state index contributed by atoms with van der Waals surface area (Å²) in [5.41, 5.74) is 0.736. The number of nitrogens with one attached hydrogen (secondary N) is 2. The molecule has 0 unspecified atom stereocenters. The van der Waals surface area contributed by atoms with Gasteiger partial charge in [0, 0.05) is 12.4 Å². The fourth-order valence-corrected chi connectivity index (χ4v) is 2.43. The van der Waals surface area contributed by atoms with E-state index in [2.05, 4.69) is 20.5 Å². The van der Waals surface area contributed by atoms with Gasteiger partial charge in [-0.05, 0) is 11.6 Å². The number of aromatic nitrogens is 3. The molecule has 1 saturated heterocycles. The Morgan fingerprint density at radius 3 is 3.18 bits per heavy atom. The van der Waals surface area contributed by atoms with Crippen LogP contribution in [0.15, 0.2) is 30.9 Å². The highest BCUT2D eigenvalue weighted by Gasteiger charge is 2.31. The summed E-state index contributed by atoms with van der Waals surface area (Å²) in [6.45, 7) is 0.838. The summed E-state index contributed by atoms with van der Waals surface area (Å²) in [5.74, 6) is 0.483. The Morgan fingerprint density at radius 2 is 2.41 bits per heavy atom. The first-order valence-electron chi connectivity index (χ1n) is 6.83. The van der Waals surface area contributed by atoms with Crippen molar-refractivity contribution in [2.75, 3.05) is 13.2 Å². The van der Waals surface area contributed by atoms with Gasteiger partial charge in [-0.3, -0.25) is 14.9 Å². The minimum atomic E-state index is -0.241. The molecule has 3 heterocycles. The van der Waals surface area contributed by atoms with E-state index in [-0.39, 0.29) is 24.5 Å². The fraction of sp³-hybridized carbons (Fsp3) is 0.357. The SMILES string of the molecule is O=C(Cc1ccncc1Cl)N[C@H]1COC[C@H]1Oc1cn[nH]c1. The van der Waals surface area contributed by atoms with Gasteiger partial charge < -0.3 is 14.8 Å². The van der Waals surface area contributed by atoms with Gasteiger partial charge in [-0.2, -0.15) is 5.10 Å². The lowest BCUT2D eigenvalue weighted by Crippen LogP contribution is -2.45. The van der Waals surface area contributed by atoms with Crippen LogP contribution in [0.25, 0.3) is 0 Å². The van der Waals surface area contributed by atoms with Crippen LogP contribution in [-0.2, 0) is 16.0 Å². The summed E-state index contributed by atoms with van der Waals surface area (Å²) in [6.07, 6.45) is 6.30. The van der Waals surface area contributed by atoms with Crippen molar-refractivity contribution in [2.45, 2.75) is 18.6 Å². The molecular weight excluding hydrogens is 308 g/mol. The number of rotatable bonds is 5. The highest BCUT2D eigenvalue weighted by Crippen LogP contribution is 2.17. The normalized spacial score (nSPS) is 20.8. The summed E-state index contributed by atoms with van der Waals surface area (Å²) in [6, 6.07) is 1.52. The Bertz CT molecular complexity index is 635. The van der Waals surface area contributed by atoms with Crippen LogP contribution in [0.2, 0.25) is 5.02 Å². The van der Waals surface area contributed by atoms with Crippen LogP contribution < -0.4 is 10.1 Å². The second kappa shape index (κ2) is 6.76. The molecule has 7 nitrogen and oxygen atoms in total. The fourth-order valence-electron chi connectivity index (χ4n) is 2.24. The average molecular weight is 323 g/mol. The van der Waals surface area contributed by atoms with Crippen LogP contribution in [-0.4, -0.2) is 46.4 Å². The molecule has 1 fully saturated rings. The molecule has 2 aromatic rings. The number of halogens is 1. The molecule has 1 aliphatic heterocycles. The lowest BCUT2D eigenvalue weighted by Gasteiger charge is -2.19. The van der Waals surface area contributed by atoms with Crippen LogP contribution in [0.4, 0.5) is 0 Å². The van der Waals surface area contributed by atoms with Crippen molar-refractivity contribution in [2.24, 2.45) is 0 Å². The molecule has 0 saturated carbocycles. The van der Waals surface area contributed by atoms with Gasteiger partial charge in [0.05, 0.1) is 43.1 Å². The van der Waals surface area contributed by atoms with Crippen molar-refractivity contribution < 1.29 is 14.3 Å². The first-order valence-corrected chi connectivity index (χ1v) is 7.21. The van der Waals surface area contributed by atoms with E-state index in [1.54, 1.807) is 24.7 Å². The second-order valence-electron chi connectivity index (χ2n) is 4.95. The standard InChI is InChI=1S/C14H15ClN4O3/c15-11-6-16-2-1-9(11)3-14(20)19-12-7-21-8-13(12)22-10-4-17-18-5-10/h1-2,4-6,12-13H,3,7-8H2,(H,17,18)(H,19,20)/t12-,13+/m0/s1. The maximum atomic E-state index is 12.1. The molecule has 0 radical (unpaired) electrons. The molecule has 0 bridgehead atoms. The molecule has 3 rings (SSSR count). The van der Waals surface area contributed by atoms with Crippen LogP contribution in [0.1, 0.15) is 5.56 Å². The summed E-state index contributed by atoms with van der Waals surface area (Å²) in [4.78, 5) is 16.0. The number of carbonyl (C=O) groups is 1. The highest BCUT2D eigenvalue weighted by atomic mass is 35.5. The van der Waals surface area contributed by atoms with Crippen LogP contribution in [0.5, 0.6) is 5.75 Å². The number of ether oxygens (including phenoxy) is 2. The molecule has 2 atom stereocenters. The Kier molecular flexibility index (Phi) is 4.55. The zero-order chi connectivity index (χ0) is 15.4. The first kappa shape index (κ1) is 14.8. The maximum absolute atomic E-state index is 12.1. The lowest BCUT2D eigenvalue weighted by atomic mass is 10.1. The van der Waals surface area contributed by atoms with Crippen molar-refractivity contribution >= 4 is 17.5 Å². The van der Waals surface area contributed by atoms with Gasteiger partial charge in [-0.25, -0.2) is 0 Å². The van der Waals surface area contributed by atoms with E-state index in [4.69, 9.17) is 21.1 Å². The van der Waals surface area contributed by atoms with Crippen molar-refractivity contribution in [1.82, 2.24) is 20.5 Å². The second-order valence-corrected chi connectivity index (χ2v) is 5.35. The summed E-state index contributed by atoms with van der Waals surface area (Å²) < 4.78 is 11.1. The topological polar surface area (TPSA) is 89.1 Å². The van der Waals surface area contributed by atoms with Gasteiger partial charge in [0.15, 0.2) is 5.75 Å². The number of nitrogens with zero attached hydrogens (tertiary/aromatic N) is 2. The van der Waals surface area contributed by atoms with Gasteiger partial charge in [0.2, 0.25) is 5.91 Å². The van der Waals surface area contributed by atoms with Crippen LogP contribution in [0.3, 0.4) is 0 Å². The minimum absolute atomic E-state index is 0.135. The van der Waals surface area contributed by atoms with Crippen LogP contribution in [0, 0.1) is 0 Å². The number of hydrogen-bond donors (Lipinski definition) is 2. The van der Waals surface area contributed by atoms with Crippen molar-refractivity contribution in [3.63, 3.8) is 0 Å². The van der Waals surface area contributed by atoms with Gasteiger partial charge in [0.25, 0.3) is 0 Å². The Hall–Kier alpha value is -2.12. The van der Waals surface area contributed by atoms with E-state index in [1.807, 2.05) is 0 Å². The van der Waals surface area contributed by atoms with E-state index >= 15 is 0 Å². The third-order valence-electron chi connectivity index (χ3n) is 3.34. The molecule has 22 heavy (non-hydrogen) atoms. The third-order valence-corrected chi connectivity index (χ3v) is 3.68. The Morgan fingerprint density at radius 1 is 1.50 bits per heavy atom. The molecule has 2 aromatic heterocycles. The quantitative estimate of drug-likeness (QED) is 0.856. The number of amides is 1. The molecule has 116 valence electrons. The van der Waals surface area contributed by atoms with E-state index in [1.165, 1.54) is 6.20 Å². The average Bonchev–Trinajstić information content (AvgIpc) is 3.15. The number of aromatic amines is 1. The maximum Gasteiger partial charge on any atom is 0.224 e. The van der Waals surface area contributed by atoms with Crippen molar-refractivity contribution in [3.05, 3.63) is 41.4 Å². The first-order chi connectivity index (χ1) is 10.7. The molecular formula is C14H15ClN4O3. The summed E-state index contributed by atoms with van der Waals surface area (Å²) in [7, 11) is 0. The number of hydrogen-bond acceptors (Lipinski definition) is 5. The summed E-state index contributed by atoms with van der Waals surface area (Å²) >= 11 is 6.01. The molecule has 8 heteroatoms. The van der Waals surface area contributed by atoms with E-state index in [9.17, 15) is 4.79 Å². The number of carbonyl (C=O) groups excluding carboxylic acids is 1. The predicted molar refractivity (Wildman–Crippen MR) is 78.7 cm³/mol. The molecule has 0 aromatic carbocycles. The van der Waals surface area contributed by atoms with Crippen LogP contribution >= 0.6 is 11.6 Å². The molecule has 1 aliphatic rings. The molecule has 0 spiro atoms. The van der Waals surface area contributed by atoms with Gasteiger partial charge in [0.1, 0.15) is 6.10 Å². The summed E-state index contributed by atoms with van der Waals surface area (Å²) in [5, 5.41) is 9.89. The van der Waals surface area contributed by atoms with Crippen molar-refractivity contribution in [3.8, 4) is 5.75 Å². The van der Waals surface area contributed by atoms with Gasteiger partial charge >= 0.3 is 0 Å². The highest BCUT2D eigenvalue weighted by molar-refractivity contribution is 6.31.